The summed E-state index contributed by atoms with van der Waals surface area (Å²) in [7, 11) is 0. The standard InChI is InChI=1S/C14H28N2/c1-2-13-6-7-14(15-12-13)8-11-16-9-4-3-5-10-16/h13-15H,2-12H2,1H3/t13-,14+/m1/s1. The summed E-state index contributed by atoms with van der Waals surface area (Å²) in [6.45, 7) is 7.62. The fourth-order valence-corrected chi connectivity index (χ4v) is 3.09. The van der Waals surface area contributed by atoms with Gasteiger partial charge in [-0.05, 0) is 64.2 Å². The van der Waals surface area contributed by atoms with Gasteiger partial charge in [0, 0.05) is 6.04 Å². The molecule has 0 aromatic rings. The summed E-state index contributed by atoms with van der Waals surface area (Å²) in [6.07, 6.45) is 9.89. The fraction of sp³-hybridized carbons (Fsp3) is 1.00. The van der Waals surface area contributed by atoms with Gasteiger partial charge in [0.25, 0.3) is 0 Å². The Morgan fingerprint density at radius 3 is 2.56 bits per heavy atom. The van der Waals surface area contributed by atoms with Crippen molar-refractivity contribution in [3.8, 4) is 0 Å². The Morgan fingerprint density at radius 2 is 1.94 bits per heavy atom. The van der Waals surface area contributed by atoms with E-state index in [-0.39, 0.29) is 0 Å². The first-order chi connectivity index (χ1) is 7.88. The maximum absolute atomic E-state index is 3.73. The van der Waals surface area contributed by atoms with Crippen LogP contribution in [0.5, 0.6) is 0 Å². The van der Waals surface area contributed by atoms with E-state index in [1.54, 1.807) is 0 Å². The van der Waals surface area contributed by atoms with Crippen molar-refractivity contribution in [1.82, 2.24) is 10.2 Å². The van der Waals surface area contributed by atoms with Crippen molar-refractivity contribution >= 4 is 0 Å². The van der Waals surface area contributed by atoms with Crippen molar-refractivity contribution in [3.05, 3.63) is 0 Å². The molecule has 0 aliphatic carbocycles. The summed E-state index contributed by atoms with van der Waals surface area (Å²) in [5, 5.41) is 3.73. The Kier molecular flexibility index (Phi) is 5.11. The Bertz CT molecular complexity index is 179. The van der Waals surface area contributed by atoms with Crippen molar-refractivity contribution < 1.29 is 0 Å². The lowest BCUT2D eigenvalue weighted by Gasteiger charge is -2.32. The summed E-state index contributed by atoms with van der Waals surface area (Å²) in [5.74, 6) is 0.950. The normalized spacial score (nSPS) is 32.8. The van der Waals surface area contributed by atoms with Crippen LogP contribution in [-0.4, -0.2) is 37.1 Å². The Hall–Kier alpha value is -0.0800. The summed E-state index contributed by atoms with van der Waals surface area (Å²) in [4.78, 5) is 2.66. The first kappa shape index (κ1) is 12.4. The van der Waals surface area contributed by atoms with Gasteiger partial charge in [0.05, 0.1) is 0 Å². The van der Waals surface area contributed by atoms with Gasteiger partial charge >= 0.3 is 0 Å². The van der Waals surface area contributed by atoms with Crippen LogP contribution in [0.4, 0.5) is 0 Å². The second-order valence-corrected chi connectivity index (χ2v) is 5.65. The van der Waals surface area contributed by atoms with E-state index < -0.39 is 0 Å². The highest BCUT2D eigenvalue weighted by atomic mass is 15.1. The molecule has 0 radical (unpaired) electrons. The molecule has 0 aromatic carbocycles. The van der Waals surface area contributed by atoms with Crippen molar-refractivity contribution in [2.75, 3.05) is 26.2 Å². The molecule has 0 saturated carbocycles. The predicted molar refractivity (Wildman–Crippen MR) is 69.7 cm³/mol. The Balaban J connectivity index is 1.59. The van der Waals surface area contributed by atoms with Crippen LogP contribution in [0.1, 0.15) is 51.9 Å². The number of piperidine rings is 2. The third kappa shape index (κ3) is 3.74. The van der Waals surface area contributed by atoms with Crippen molar-refractivity contribution in [2.24, 2.45) is 5.92 Å². The molecular formula is C14H28N2. The average Bonchev–Trinajstić information content (AvgIpc) is 2.38. The van der Waals surface area contributed by atoms with Crippen molar-refractivity contribution in [1.29, 1.82) is 0 Å². The number of hydrogen-bond acceptors (Lipinski definition) is 2. The summed E-state index contributed by atoms with van der Waals surface area (Å²) >= 11 is 0. The zero-order chi connectivity index (χ0) is 11.2. The van der Waals surface area contributed by atoms with E-state index in [9.17, 15) is 0 Å². The van der Waals surface area contributed by atoms with Crippen LogP contribution < -0.4 is 5.32 Å². The zero-order valence-corrected chi connectivity index (χ0v) is 10.9. The molecule has 2 rings (SSSR count). The number of nitrogens with zero attached hydrogens (tertiary/aromatic N) is 1. The molecule has 16 heavy (non-hydrogen) atoms. The van der Waals surface area contributed by atoms with Gasteiger partial charge in [0.15, 0.2) is 0 Å². The second kappa shape index (κ2) is 6.61. The highest BCUT2D eigenvalue weighted by molar-refractivity contribution is 4.78. The van der Waals surface area contributed by atoms with Gasteiger partial charge in [-0.1, -0.05) is 19.8 Å². The smallest absolute Gasteiger partial charge is 0.00794 e. The first-order valence-electron chi connectivity index (χ1n) is 7.34. The average molecular weight is 224 g/mol. The molecule has 2 heteroatoms. The Morgan fingerprint density at radius 1 is 1.12 bits per heavy atom. The molecule has 94 valence electrons. The van der Waals surface area contributed by atoms with Gasteiger partial charge in [-0.3, -0.25) is 0 Å². The maximum Gasteiger partial charge on any atom is 0.00794 e. The lowest BCUT2D eigenvalue weighted by Crippen LogP contribution is -2.41. The molecule has 2 aliphatic heterocycles. The van der Waals surface area contributed by atoms with Gasteiger partial charge in [0.2, 0.25) is 0 Å². The van der Waals surface area contributed by atoms with E-state index in [0.717, 1.165) is 12.0 Å². The third-order valence-corrected chi connectivity index (χ3v) is 4.44. The molecule has 0 amide bonds. The minimum atomic E-state index is 0.810. The van der Waals surface area contributed by atoms with Gasteiger partial charge in [0.1, 0.15) is 0 Å². The van der Waals surface area contributed by atoms with Crippen LogP contribution in [0, 0.1) is 5.92 Å². The van der Waals surface area contributed by atoms with Gasteiger partial charge in [-0.2, -0.15) is 0 Å². The second-order valence-electron chi connectivity index (χ2n) is 5.65. The summed E-state index contributed by atoms with van der Waals surface area (Å²) < 4.78 is 0. The number of nitrogens with one attached hydrogen (secondary N) is 1. The maximum atomic E-state index is 3.73. The molecule has 2 fully saturated rings. The van der Waals surface area contributed by atoms with Crippen LogP contribution in [-0.2, 0) is 0 Å². The SMILES string of the molecule is CC[C@@H]1CC[C@@H](CCN2CCCCC2)NC1. The van der Waals surface area contributed by atoms with Crippen molar-refractivity contribution in [3.63, 3.8) is 0 Å². The van der Waals surface area contributed by atoms with E-state index in [2.05, 4.69) is 17.1 Å². The van der Waals surface area contributed by atoms with Crippen LogP contribution in [0.15, 0.2) is 0 Å². The fourth-order valence-electron chi connectivity index (χ4n) is 3.09. The molecule has 2 aliphatic rings. The molecule has 0 spiro atoms. The van der Waals surface area contributed by atoms with Crippen LogP contribution >= 0.6 is 0 Å². The van der Waals surface area contributed by atoms with Gasteiger partial charge in [-0.15, -0.1) is 0 Å². The van der Waals surface area contributed by atoms with Gasteiger partial charge < -0.3 is 10.2 Å². The quantitative estimate of drug-likeness (QED) is 0.790. The van der Waals surface area contributed by atoms with Crippen LogP contribution in [0.2, 0.25) is 0 Å². The largest absolute Gasteiger partial charge is 0.314 e. The molecule has 0 aromatic heterocycles. The van der Waals surface area contributed by atoms with Crippen molar-refractivity contribution in [2.45, 2.75) is 57.9 Å². The highest BCUT2D eigenvalue weighted by Gasteiger charge is 2.20. The topological polar surface area (TPSA) is 15.3 Å². The predicted octanol–water partition coefficient (Wildman–Crippen LogP) is 2.64. The minimum absolute atomic E-state index is 0.810. The lowest BCUT2D eigenvalue weighted by molar-refractivity contribution is 0.203. The molecular weight excluding hydrogens is 196 g/mol. The van der Waals surface area contributed by atoms with Crippen LogP contribution in [0.25, 0.3) is 0 Å². The van der Waals surface area contributed by atoms with Crippen LogP contribution in [0.3, 0.4) is 0 Å². The summed E-state index contributed by atoms with van der Waals surface area (Å²) in [6, 6.07) is 0.810. The molecule has 1 N–H and O–H groups in total. The lowest BCUT2D eigenvalue weighted by atomic mass is 9.91. The van der Waals surface area contributed by atoms with E-state index in [1.807, 2.05) is 0 Å². The minimum Gasteiger partial charge on any atom is -0.314 e. The monoisotopic (exact) mass is 224 g/mol. The number of likely N-dealkylation sites (tertiary alicyclic amines) is 1. The van der Waals surface area contributed by atoms with E-state index in [0.29, 0.717) is 0 Å². The Labute approximate surface area is 101 Å². The first-order valence-corrected chi connectivity index (χ1v) is 7.34. The van der Waals surface area contributed by atoms with Gasteiger partial charge in [-0.25, -0.2) is 0 Å². The molecule has 2 heterocycles. The van der Waals surface area contributed by atoms with E-state index >= 15 is 0 Å². The molecule has 2 atom stereocenters. The molecule has 2 saturated heterocycles. The number of hydrogen-bond donors (Lipinski definition) is 1. The molecule has 0 unspecified atom stereocenters. The third-order valence-electron chi connectivity index (χ3n) is 4.44. The number of rotatable bonds is 4. The zero-order valence-electron chi connectivity index (χ0n) is 10.9. The molecule has 2 nitrogen and oxygen atoms in total. The van der Waals surface area contributed by atoms with E-state index in [1.165, 1.54) is 71.1 Å². The molecule has 0 bridgehead atoms. The summed E-state index contributed by atoms with van der Waals surface area (Å²) in [5.41, 5.74) is 0. The van der Waals surface area contributed by atoms with E-state index in [4.69, 9.17) is 0 Å². The highest BCUT2D eigenvalue weighted by Crippen LogP contribution is 2.19.